The van der Waals surface area contributed by atoms with E-state index in [0.29, 0.717) is 18.9 Å². The van der Waals surface area contributed by atoms with Gasteiger partial charge in [0.1, 0.15) is 12.4 Å². The third kappa shape index (κ3) is 6.43. The lowest BCUT2D eigenvalue weighted by molar-refractivity contribution is -0.127. The standard InChI is InChI=1S/C21H31FN6O2/c1-27(2)20(29)15-26-21(24-7-8-28-9-11-30-12-10-28)23-6-5-16-14-25-19-4-3-17(22)13-18(16)19/h3-4,13-14,25H,5-12,15H2,1-2H3,(H2,23,24,26). The average molecular weight is 419 g/mol. The molecule has 1 aromatic heterocycles. The number of likely N-dealkylation sites (N-methyl/N-ethyl adjacent to an activating group) is 1. The van der Waals surface area contributed by atoms with Gasteiger partial charge in [0.25, 0.3) is 0 Å². The lowest BCUT2D eigenvalue weighted by Gasteiger charge is -2.26. The van der Waals surface area contributed by atoms with E-state index < -0.39 is 0 Å². The van der Waals surface area contributed by atoms with Crippen LogP contribution in [0.5, 0.6) is 0 Å². The molecule has 0 radical (unpaired) electrons. The number of benzene rings is 1. The van der Waals surface area contributed by atoms with E-state index in [9.17, 15) is 9.18 Å². The Morgan fingerprint density at radius 1 is 1.27 bits per heavy atom. The summed E-state index contributed by atoms with van der Waals surface area (Å²) < 4.78 is 18.9. The van der Waals surface area contributed by atoms with E-state index in [-0.39, 0.29) is 18.3 Å². The highest BCUT2D eigenvalue weighted by Crippen LogP contribution is 2.19. The summed E-state index contributed by atoms with van der Waals surface area (Å²) in [6, 6.07) is 4.74. The predicted molar refractivity (Wildman–Crippen MR) is 116 cm³/mol. The first-order valence-electron chi connectivity index (χ1n) is 10.3. The summed E-state index contributed by atoms with van der Waals surface area (Å²) >= 11 is 0. The van der Waals surface area contributed by atoms with Crippen molar-refractivity contribution in [1.82, 2.24) is 25.4 Å². The number of guanidine groups is 1. The maximum Gasteiger partial charge on any atom is 0.243 e. The number of nitrogens with one attached hydrogen (secondary N) is 3. The lowest BCUT2D eigenvalue weighted by Crippen LogP contribution is -2.45. The normalized spacial score (nSPS) is 15.4. The van der Waals surface area contributed by atoms with Gasteiger partial charge in [-0.05, 0) is 30.2 Å². The van der Waals surface area contributed by atoms with Crippen molar-refractivity contribution < 1.29 is 13.9 Å². The number of halogens is 1. The minimum atomic E-state index is -0.245. The van der Waals surface area contributed by atoms with Crippen molar-refractivity contribution in [2.75, 3.05) is 66.6 Å². The molecule has 0 saturated carbocycles. The topological polar surface area (TPSA) is 85.0 Å². The van der Waals surface area contributed by atoms with Crippen LogP contribution in [0.3, 0.4) is 0 Å². The highest BCUT2D eigenvalue weighted by Gasteiger charge is 2.11. The van der Waals surface area contributed by atoms with Crippen LogP contribution in [0.15, 0.2) is 29.4 Å². The van der Waals surface area contributed by atoms with E-state index in [1.165, 1.54) is 11.0 Å². The number of fused-ring (bicyclic) bond motifs is 1. The first-order valence-corrected chi connectivity index (χ1v) is 10.3. The Kier molecular flexibility index (Phi) is 8.04. The van der Waals surface area contributed by atoms with Gasteiger partial charge in [-0.1, -0.05) is 0 Å². The van der Waals surface area contributed by atoms with Crippen molar-refractivity contribution in [2.45, 2.75) is 6.42 Å². The van der Waals surface area contributed by atoms with Gasteiger partial charge >= 0.3 is 0 Å². The molecule has 9 heteroatoms. The van der Waals surface area contributed by atoms with E-state index in [4.69, 9.17) is 4.74 Å². The second-order valence-corrected chi connectivity index (χ2v) is 7.51. The molecule has 0 bridgehead atoms. The van der Waals surface area contributed by atoms with Gasteiger partial charge in [0.2, 0.25) is 5.91 Å². The Bertz CT molecular complexity index is 860. The van der Waals surface area contributed by atoms with Gasteiger partial charge in [-0.3, -0.25) is 9.69 Å². The molecular formula is C21H31FN6O2. The van der Waals surface area contributed by atoms with Crippen molar-refractivity contribution in [3.63, 3.8) is 0 Å². The Morgan fingerprint density at radius 2 is 2.03 bits per heavy atom. The van der Waals surface area contributed by atoms with Crippen LogP contribution in [0.25, 0.3) is 10.9 Å². The Hall–Kier alpha value is -2.65. The second kappa shape index (κ2) is 10.9. The van der Waals surface area contributed by atoms with Crippen molar-refractivity contribution in [3.8, 4) is 0 Å². The van der Waals surface area contributed by atoms with Crippen LogP contribution in [0.4, 0.5) is 4.39 Å². The molecule has 1 aliphatic heterocycles. The molecular weight excluding hydrogens is 387 g/mol. The number of carbonyl (C=O) groups is 1. The Labute approximate surface area is 176 Å². The largest absolute Gasteiger partial charge is 0.379 e. The van der Waals surface area contributed by atoms with Gasteiger partial charge in [-0.15, -0.1) is 0 Å². The summed E-state index contributed by atoms with van der Waals surface area (Å²) in [4.78, 5) is 23.4. The molecule has 1 amide bonds. The zero-order chi connectivity index (χ0) is 21.3. The number of ether oxygens (including phenoxy) is 1. The number of aromatic amines is 1. The number of H-pyrrole nitrogens is 1. The number of aromatic nitrogens is 1. The van der Waals surface area contributed by atoms with E-state index in [0.717, 1.165) is 55.9 Å². The molecule has 1 aromatic carbocycles. The second-order valence-electron chi connectivity index (χ2n) is 7.51. The zero-order valence-electron chi connectivity index (χ0n) is 17.7. The summed E-state index contributed by atoms with van der Waals surface area (Å²) in [5.74, 6) is 0.298. The number of hydrogen-bond donors (Lipinski definition) is 3. The molecule has 164 valence electrons. The number of rotatable bonds is 8. The summed E-state index contributed by atoms with van der Waals surface area (Å²) in [6.07, 6.45) is 2.61. The Morgan fingerprint density at radius 3 is 2.80 bits per heavy atom. The van der Waals surface area contributed by atoms with Crippen molar-refractivity contribution in [1.29, 1.82) is 0 Å². The van der Waals surface area contributed by atoms with Crippen molar-refractivity contribution in [3.05, 3.63) is 35.8 Å². The molecule has 0 unspecified atom stereocenters. The maximum absolute atomic E-state index is 13.6. The molecule has 1 fully saturated rings. The first-order chi connectivity index (χ1) is 14.5. The molecule has 3 rings (SSSR count). The smallest absolute Gasteiger partial charge is 0.243 e. The number of nitrogens with zero attached hydrogens (tertiary/aromatic N) is 3. The van der Waals surface area contributed by atoms with Crippen molar-refractivity contribution >= 4 is 22.8 Å². The van der Waals surface area contributed by atoms with Crippen LogP contribution in [-0.4, -0.2) is 93.2 Å². The molecule has 0 atom stereocenters. The monoisotopic (exact) mass is 418 g/mol. The fourth-order valence-electron chi connectivity index (χ4n) is 3.29. The van der Waals surface area contributed by atoms with E-state index in [2.05, 4.69) is 25.5 Å². The molecule has 2 heterocycles. The average Bonchev–Trinajstić information content (AvgIpc) is 3.14. The molecule has 0 aliphatic carbocycles. The fraction of sp³-hybridized carbons (Fsp3) is 0.524. The van der Waals surface area contributed by atoms with Gasteiger partial charge in [0, 0.05) is 63.9 Å². The van der Waals surface area contributed by atoms with E-state index in [1.54, 1.807) is 26.2 Å². The van der Waals surface area contributed by atoms with Gasteiger partial charge in [0.05, 0.1) is 13.2 Å². The van der Waals surface area contributed by atoms with Crippen LogP contribution in [-0.2, 0) is 16.0 Å². The molecule has 1 saturated heterocycles. The number of amides is 1. The van der Waals surface area contributed by atoms with Crippen LogP contribution < -0.4 is 10.6 Å². The lowest BCUT2D eigenvalue weighted by atomic mass is 10.1. The summed E-state index contributed by atoms with van der Waals surface area (Å²) in [6.45, 7) is 5.69. The molecule has 1 aliphatic rings. The van der Waals surface area contributed by atoms with Gasteiger partial charge in [-0.2, -0.15) is 0 Å². The third-order valence-electron chi connectivity index (χ3n) is 5.11. The van der Waals surface area contributed by atoms with Crippen LogP contribution >= 0.6 is 0 Å². The number of carbonyl (C=O) groups excluding carboxylic acids is 1. The number of hydrogen-bond acceptors (Lipinski definition) is 4. The maximum atomic E-state index is 13.6. The van der Waals surface area contributed by atoms with Crippen LogP contribution in [0.1, 0.15) is 5.56 Å². The predicted octanol–water partition coefficient (Wildman–Crippen LogP) is 0.805. The highest BCUT2D eigenvalue weighted by molar-refractivity contribution is 5.85. The minimum Gasteiger partial charge on any atom is -0.379 e. The first kappa shape index (κ1) is 22.0. The zero-order valence-corrected chi connectivity index (χ0v) is 17.7. The summed E-state index contributed by atoms with van der Waals surface area (Å²) in [5, 5.41) is 7.48. The van der Waals surface area contributed by atoms with Crippen LogP contribution in [0, 0.1) is 5.82 Å². The van der Waals surface area contributed by atoms with Gasteiger partial charge < -0.3 is 25.3 Å². The SMILES string of the molecule is CN(C)C(=O)CN=C(NCCc1c[nH]c2ccc(F)cc12)NCCN1CCOCC1. The van der Waals surface area contributed by atoms with Gasteiger partial charge in [-0.25, -0.2) is 9.38 Å². The quantitative estimate of drug-likeness (QED) is 0.436. The third-order valence-corrected chi connectivity index (χ3v) is 5.11. The fourth-order valence-corrected chi connectivity index (χ4v) is 3.29. The van der Waals surface area contributed by atoms with Crippen LogP contribution in [0.2, 0.25) is 0 Å². The molecule has 3 N–H and O–H groups in total. The number of morpholine rings is 1. The molecule has 8 nitrogen and oxygen atoms in total. The minimum absolute atomic E-state index is 0.0589. The summed E-state index contributed by atoms with van der Waals surface area (Å²) in [7, 11) is 3.43. The number of aliphatic imine (C=N–C) groups is 1. The van der Waals surface area contributed by atoms with E-state index in [1.807, 2.05) is 6.20 Å². The van der Waals surface area contributed by atoms with E-state index >= 15 is 0 Å². The highest BCUT2D eigenvalue weighted by atomic mass is 19.1. The summed E-state index contributed by atoms with van der Waals surface area (Å²) in [5.41, 5.74) is 1.95. The molecule has 0 spiro atoms. The molecule has 30 heavy (non-hydrogen) atoms. The van der Waals surface area contributed by atoms with Crippen molar-refractivity contribution in [2.24, 2.45) is 4.99 Å². The van der Waals surface area contributed by atoms with Gasteiger partial charge in [0.15, 0.2) is 5.96 Å². The Balaban J connectivity index is 1.54. The molecule has 2 aromatic rings.